The summed E-state index contributed by atoms with van der Waals surface area (Å²) >= 11 is 0. The Morgan fingerprint density at radius 1 is 1.00 bits per heavy atom. The molecule has 0 aliphatic carbocycles. The molecule has 0 radical (unpaired) electrons. The monoisotopic (exact) mass is 364 g/mol. The van der Waals surface area contributed by atoms with Gasteiger partial charge in [-0.25, -0.2) is 0 Å². The van der Waals surface area contributed by atoms with E-state index < -0.39 is 0 Å². The molecule has 3 aromatic rings. The van der Waals surface area contributed by atoms with E-state index in [4.69, 9.17) is 4.52 Å². The second-order valence-electron chi connectivity index (χ2n) is 5.93. The van der Waals surface area contributed by atoms with E-state index in [-0.39, 0.29) is 24.7 Å². The molecule has 3 rings (SSSR count). The maximum absolute atomic E-state index is 12.0. The van der Waals surface area contributed by atoms with Crippen LogP contribution in [0.25, 0.3) is 11.4 Å². The molecule has 2 amide bonds. The van der Waals surface area contributed by atoms with Crippen LogP contribution in [0.15, 0.2) is 59.1 Å². The standard InChI is InChI=1S/C20H20N4O3/c1-2-14-8-10-16(11-9-14)20(26)23-22-17(25)12-13-18-21-19(24-27-18)15-6-4-3-5-7-15/h3-11H,2,12-13H2,1H3,(H,22,25)(H,23,26). The summed E-state index contributed by atoms with van der Waals surface area (Å²) in [6, 6.07) is 16.7. The summed E-state index contributed by atoms with van der Waals surface area (Å²) in [5.41, 5.74) is 7.26. The second kappa shape index (κ2) is 8.75. The summed E-state index contributed by atoms with van der Waals surface area (Å²) in [4.78, 5) is 28.2. The fraction of sp³-hybridized carbons (Fsp3) is 0.200. The first-order chi connectivity index (χ1) is 13.2. The summed E-state index contributed by atoms with van der Waals surface area (Å²) in [5, 5.41) is 3.90. The molecule has 2 aromatic carbocycles. The zero-order valence-electron chi connectivity index (χ0n) is 14.9. The van der Waals surface area contributed by atoms with Gasteiger partial charge in [-0.05, 0) is 24.1 Å². The fourth-order valence-corrected chi connectivity index (χ4v) is 2.43. The van der Waals surface area contributed by atoms with Crippen molar-refractivity contribution in [2.45, 2.75) is 26.2 Å². The molecule has 138 valence electrons. The topological polar surface area (TPSA) is 97.1 Å². The molecule has 0 saturated carbocycles. The molecule has 0 fully saturated rings. The molecular weight excluding hydrogens is 344 g/mol. The molecule has 1 aromatic heterocycles. The van der Waals surface area contributed by atoms with Crippen molar-refractivity contribution in [1.29, 1.82) is 0 Å². The number of nitrogens with zero attached hydrogens (tertiary/aromatic N) is 2. The minimum Gasteiger partial charge on any atom is -0.339 e. The Labute approximate surface area is 156 Å². The predicted octanol–water partition coefficient (Wildman–Crippen LogP) is 2.69. The molecule has 0 saturated heterocycles. The quantitative estimate of drug-likeness (QED) is 0.656. The highest BCUT2D eigenvalue weighted by Gasteiger charge is 2.11. The van der Waals surface area contributed by atoms with E-state index in [1.165, 1.54) is 0 Å². The molecule has 27 heavy (non-hydrogen) atoms. The Hall–Kier alpha value is -3.48. The number of amides is 2. The smallest absolute Gasteiger partial charge is 0.269 e. The lowest BCUT2D eigenvalue weighted by molar-refractivity contribution is -0.121. The maximum Gasteiger partial charge on any atom is 0.269 e. The normalized spacial score (nSPS) is 10.4. The summed E-state index contributed by atoms with van der Waals surface area (Å²) in [5.74, 6) is 0.142. The van der Waals surface area contributed by atoms with Gasteiger partial charge in [-0.15, -0.1) is 0 Å². The summed E-state index contributed by atoms with van der Waals surface area (Å²) in [7, 11) is 0. The predicted molar refractivity (Wildman–Crippen MR) is 99.5 cm³/mol. The number of hydrogen-bond acceptors (Lipinski definition) is 5. The van der Waals surface area contributed by atoms with Crippen molar-refractivity contribution in [2.24, 2.45) is 0 Å². The number of rotatable bonds is 6. The first-order valence-corrected chi connectivity index (χ1v) is 8.72. The van der Waals surface area contributed by atoms with Gasteiger partial charge in [0.1, 0.15) is 0 Å². The highest BCUT2D eigenvalue weighted by atomic mass is 16.5. The van der Waals surface area contributed by atoms with Crippen LogP contribution in [0, 0.1) is 0 Å². The van der Waals surface area contributed by atoms with Gasteiger partial charge in [0.25, 0.3) is 5.91 Å². The first-order valence-electron chi connectivity index (χ1n) is 8.72. The average Bonchev–Trinajstić information content (AvgIpc) is 3.20. The molecule has 0 atom stereocenters. The largest absolute Gasteiger partial charge is 0.339 e. The van der Waals surface area contributed by atoms with Crippen molar-refractivity contribution >= 4 is 11.8 Å². The number of benzene rings is 2. The van der Waals surface area contributed by atoms with Gasteiger partial charge in [0.15, 0.2) is 0 Å². The van der Waals surface area contributed by atoms with Crippen LogP contribution in [0.4, 0.5) is 0 Å². The van der Waals surface area contributed by atoms with Crippen LogP contribution in [0.5, 0.6) is 0 Å². The van der Waals surface area contributed by atoms with Crippen LogP contribution in [-0.2, 0) is 17.6 Å². The van der Waals surface area contributed by atoms with Crippen LogP contribution in [0.1, 0.15) is 35.2 Å². The van der Waals surface area contributed by atoms with Crippen molar-refractivity contribution in [3.63, 3.8) is 0 Å². The lowest BCUT2D eigenvalue weighted by Gasteiger charge is -2.07. The first kappa shape index (κ1) is 18.3. The Bertz CT molecular complexity index is 904. The molecule has 0 spiro atoms. The van der Waals surface area contributed by atoms with Gasteiger partial charge in [0.2, 0.25) is 17.6 Å². The van der Waals surface area contributed by atoms with Crippen molar-refractivity contribution in [2.75, 3.05) is 0 Å². The van der Waals surface area contributed by atoms with Gasteiger partial charge in [-0.1, -0.05) is 54.5 Å². The molecule has 7 heteroatoms. The van der Waals surface area contributed by atoms with Gasteiger partial charge in [0, 0.05) is 24.0 Å². The Morgan fingerprint density at radius 2 is 1.74 bits per heavy atom. The summed E-state index contributed by atoms with van der Waals surface area (Å²) in [6.45, 7) is 2.04. The van der Waals surface area contributed by atoms with E-state index in [0.717, 1.165) is 17.5 Å². The number of hydrazine groups is 1. The number of aryl methyl sites for hydroxylation is 2. The lowest BCUT2D eigenvalue weighted by atomic mass is 10.1. The van der Waals surface area contributed by atoms with E-state index in [1.807, 2.05) is 49.4 Å². The van der Waals surface area contributed by atoms with Gasteiger partial charge in [-0.2, -0.15) is 4.98 Å². The van der Waals surface area contributed by atoms with E-state index in [0.29, 0.717) is 17.3 Å². The Balaban J connectivity index is 1.45. The molecule has 0 aliphatic heterocycles. The maximum atomic E-state index is 12.0. The summed E-state index contributed by atoms with van der Waals surface area (Å²) < 4.78 is 5.16. The molecule has 0 unspecified atom stereocenters. The van der Waals surface area contributed by atoms with Crippen LogP contribution < -0.4 is 10.9 Å². The third-order valence-electron chi connectivity index (χ3n) is 4.01. The van der Waals surface area contributed by atoms with Crippen LogP contribution in [-0.4, -0.2) is 22.0 Å². The fourth-order valence-electron chi connectivity index (χ4n) is 2.43. The number of aromatic nitrogens is 2. The van der Waals surface area contributed by atoms with Crippen molar-refractivity contribution in [3.05, 3.63) is 71.6 Å². The molecule has 2 N–H and O–H groups in total. The number of carbonyl (C=O) groups is 2. The van der Waals surface area contributed by atoms with Crippen LogP contribution >= 0.6 is 0 Å². The van der Waals surface area contributed by atoms with Crippen molar-refractivity contribution in [1.82, 2.24) is 21.0 Å². The van der Waals surface area contributed by atoms with Crippen molar-refractivity contribution in [3.8, 4) is 11.4 Å². The minimum atomic E-state index is -0.366. The SMILES string of the molecule is CCc1ccc(C(=O)NNC(=O)CCc2nc(-c3ccccc3)no2)cc1. The summed E-state index contributed by atoms with van der Waals surface area (Å²) in [6.07, 6.45) is 1.30. The Morgan fingerprint density at radius 3 is 2.44 bits per heavy atom. The minimum absolute atomic E-state index is 0.117. The molecule has 7 nitrogen and oxygen atoms in total. The molecule has 0 aliphatic rings. The van der Waals surface area contributed by atoms with E-state index >= 15 is 0 Å². The van der Waals surface area contributed by atoms with Gasteiger partial charge < -0.3 is 4.52 Å². The van der Waals surface area contributed by atoms with Gasteiger partial charge >= 0.3 is 0 Å². The highest BCUT2D eigenvalue weighted by molar-refractivity contribution is 5.95. The zero-order chi connectivity index (χ0) is 19.1. The molecule has 0 bridgehead atoms. The third kappa shape index (κ3) is 5.01. The van der Waals surface area contributed by atoms with E-state index in [9.17, 15) is 9.59 Å². The average molecular weight is 364 g/mol. The second-order valence-corrected chi connectivity index (χ2v) is 5.93. The van der Waals surface area contributed by atoms with Crippen LogP contribution in [0.2, 0.25) is 0 Å². The van der Waals surface area contributed by atoms with Crippen LogP contribution in [0.3, 0.4) is 0 Å². The zero-order valence-corrected chi connectivity index (χ0v) is 14.9. The highest BCUT2D eigenvalue weighted by Crippen LogP contribution is 2.15. The van der Waals surface area contributed by atoms with E-state index in [2.05, 4.69) is 21.0 Å². The van der Waals surface area contributed by atoms with E-state index in [1.54, 1.807) is 12.1 Å². The molecule has 1 heterocycles. The number of hydrogen-bond donors (Lipinski definition) is 2. The third-order valence-corrected chi connectivity index (χ3v) is 4.01. The van der Waals surface area contributed by atoms with Gasteiger partial charge in [-0.3, -0.25) is 20.4 Å². The Kier molecular flexibility index (Phi) is 5.94. The van der Waals surface area contributed by atoms with Crippen molar-refractivity contribution < 1.29 is 14.1 Å². The van der Waals surface area contributed by atoms with Gasteiger partial charge in [0.05, 0.1) is 0 Å². The number of carbonyl (C=O) groups excluding carboxylic acids is 2. The lowest BCUT2D eigenvalue weighted by Crippen LogP contribution is -2.41. The molecular formula is C20H20N4O3. The number of nitrogens with one attached hydrogen (secondary N) is 2.